The molecule has 0 radical (unpaired) electrons. The van der Waals surface area contributed by atoms with Gasteiger partial charge in [0.25, 0.3) is 0 Å². The zero-order chi connectivity index (χ0) is 17.7. The molecule has 0 N–H and O–H groups in total. The Bertz CT molecular complexity index is 452. The summed E-state index contributed by atoms with van der Waals surface area (Å²) < 4.78 is 10.5. The number of nitrogens with zero attached hydrogens (tertiary/aromatic N) is 1. The maximum atomic E-state index is 11.6. The number of piperidine rings is 1. The van der Waals surface area contributed by atoms with Gasteiger partial charge in [0, 0.05) is 29.8 Å². The van der Waals surface area contributed by atoms with Crippen LogP contribution >= 0.6 is 0 Å². The summed E-state index contributed by atoms with van der Waals surface area (Å²) in [7, 11) is 0. The fourth-order valence-electron chi connectivity index (χ4n) is 3.31. The second-order valence-electron chi connectivity index (χ2n) is 7.19. The maximum absolute atomic E-state index is 11.6. The van der Waals surface area contributed by atoms with Crippen molar-refractivity contribution in [2.45, 2.75) is 64.1 Å². The van der Waals surface area contributed by atoms with E-state index in [9.17, 15) is 9.59 Å². The van der Waals surface area contributed by atoms with Gasteiger partial charge in [0.15, 0.2) is 0 Å². The van der Waals surface area contributed by atoms with Gasteiger partial charge in [-0.2, -0.15) is 0 Å². The molecule has 0 bridgehead atoms. The molecule has 1 fully saturated rings. The molecule has 1 aliphatic heterocycles. The summed E-state index contributed by atoms with van der Waals surface area (Å²) in [5.74, 6) is -1.04. The summed E-state index contributed by atoms with van der Waals surface area (Å²) in [5.41, 5.74) is -0.0218. The molecule has 1 rings (SSSR count). The van der Waals surface area contributed by atoms with E-state index in [-0.39, 0.29) is 17.7 Å². The number of carbonyl (C=O) groups is 2. The van der Waals surface area contributed by atoms with Gasteiger partial charge in [-0.05, 0) is 47.0 Å². The highest BCUT2D eigenvalue weighted by molar-refractivity contribution is 5.82. The predicted molar refractivity (Wildman–Crippen MR) is 89.9 cm³/mol. The van der Waals surface area contributed by atoms with Crippen molar-refractivity contribution in [3.63, 3.8) is 0 Å². The van der Waals surface area contributed by atoms with E-state index in [1.165, 1.54) is 6.42 Å². The minimum absolute atomic E-state index is 0.00704. The van der Waals surface area contributed by atoms with Crippen molar-refractivity contribution in [1.82, 2.24) is 4.90 Å². The minimum Gasteiger partial charge on any atom is -0.459 e. The van der Waals surface area contributed by atoms with Crippen LogP contribution in [0.3, 0.4) is 0 Å². The lowest BCUT2D eigenvalue weighted by Crippen LogP contribution is -2.61. The van der Waals surface area contributed by atoms with E-state index in [2.05, 4.69) is 45.8 Å². The first-order chi connectivity index (χ1) is 10.6. The van der Waals surface area contributed by atoms with Crippen molar-refractivity contribution >= 4 is 11.9 Å². The van der Waals surface area contributed by atoms with Crippen molar-refractivity contribution < 1.29 is 19.1 Å². The smallest absolute Gasteiger partial charge is 0.330 e. The van der Waals surface area contributed by atoms with Crippen LogP contribution in [0.2, 0.25) is 0 Å². The van der Waals surface area contributed by atoms with Gasteiger partial charge in [-0.25, -0.2) is 9.59 Å². The molecule has 130 valence electrons. The van der Waals surface area contributed by atoms with Gasteiger partial charge in [-0.3, -0.25) is 4.90 Å². The van der Waals surface area contributed by atoms with Gasteiger partial charge in [-0.1, -0.05) is 13.2 Å². The summed E-state index contributed by atoms with van der Waals surface area (Å²) >= 11 is 0. The first-order valence-electron chi connectivity index (χ1n) is 8.02. The summed E-state index contributed by atoms with van der Waals surface area (Å²) in [6.07, 6.45) is 4.99. The van der Waals surface area contributed by atoms with Crippen molar-refractivity contribution in [3.8, 4) is 0 Å². The van der Waals surface area contributed by atoms with E-state index >= 15 is 0 Å². The molecular formula is C18H29NO4. The maximum Gasteiger partial charge on any atom is 0.330 e. The van der Waals surface area contributed by atoms with Crippen LogP contribution in [-0.4, -0.2) is 47.2 Å². The molecule has 0 aliphatic carbocycles. The van der Waals surface area contributed by atoms with E-state index in [1.54, 1.807) is 0 Å². The molecule has 5 heteroatoms. The third-order valence-electron chi connectivity index (χ3n) is 4.45. The van der Waals surface area contributed by atoms with E-state index < -0.39 is 18.0 Å². The molecular weight excluding hydrogens is 294 g/mol. The second-order valence-corrected chi connectivity index (χ2v) is 7.19. The van der Waals surface area contributed by atoms with Crippen LogP contribution < -0.4 is 0 Å². The Morgan fingerprint density at radius 1 is 1.09 bits per heavy atom. The highest BCUT2D eigenvalue weighted by atomic mass is 16.6. The fraction of sp³-hybridized carbons (Fsp3) is 0.667. The van der Waals surface area contributed by atoms with E-state index in [1.807, 2.05) is 0 Å². The van der Waals surface area contributed by atoms with Crippen LogP contribution in [-0.2, 0) is 19.1 Å². The third kappa shape index (κ3) is 5.50. The highest BCUT2D eigenvalue weighted by Gasteiger charge is 2.42. The molecule has 1 heterocycles. The van der Waals surface area contributed by atoms with Crippen molar-refractivity contribution in [2.75, 3.05) is 13.2 Å². The quantitative estimate of drug-likeness (QED) is 0.533. The molecule has 1 atom stereocenters. The third-order valence-corrected chi connectivity index (χ3v) is 4.45. The number of ether oxygens (including phenoxy) is 2. The Labute approximate surface area is 139 Å². The zero-order valence-electron chi connectivity index (χ0n) is 14.8. The van der Waals surface area contributed by atoms with E-state index in [4.69, 9.17) is 9.47 Å². The van der Waals surface area contributed by atoms with E-state index in [0.717, 1.165) is 25.0 Å². The lowest BCUT2D eigenvalue weighted by molar-refractivity contribution is -0.157. The van der Waals surface area contributed by atoms with Crippen molar-refractivity contribution in [2.24, 2.45) is 0 Å². The Balaban J connectivity index is 2.87. The number of esters is 2. The van der Waals surface area contributed by atoms with Gasteiger partial charge in [0.2, 0.25) is 0 Å². The molecule has 0 aromatic rings. The number of hydrogen-bond donors (Lipinski definition) is 0. The van der Waals surface area contributed by atoms with Gasteiger partial charge < -0.3 is 9.47 Å². The SMILES string of the molecule is C=CC(=O)OCC(CN1C(C)(C)CCCC1(C)C)OC(=O)C=C. The normalized spacial score (nSPS) is 21.0. The minimum atomic E-state index is -0.541. The van der Waals surface area contributed by atoms with Crippen LogP contribution in [0, 0.1) is 0 Å². The van der Waals surface area contributed by atoms with Gasteiger partial charge in [-0.15, -0.1) is 0 Å². The summed E-state index contributed by atoms with van der Waals surface area (Å²) in [6.45, 7) is 16.1. The van der Waals surface area contributed by atoms with Gasteiger partial charge in [0.05, 0.1) is 0 Å². The Morgan fingerprint density at radius 3 is 2.09 bits per heavy atom. The van der Waals surface area contributed by atoms with Crippen molar-refractivity contribution in [1.29, 1.82) is 0 Å². The number of likely N-dealkylation sites (tertiary alicyclic amines) is 1. The molecule has 5 nitrogen and oxygen atoms in total. The first-order valence-corrected chi connectivity index (χ1v) is 8.02. The summed E-state index contributed by atoms with van der Waals surface area (Å²) in [5, 5.41) is 0. The van der Waals surface area contributed by atoms with Crippen LogP contribution in [0.4, 0.5) is 0 Å². The lowest BCUT2D eigenvalue weighted by Gasteiger charge is -2.53. The second kappa shape index (κ2) is 7.77. The summed E-state index contributed by atoms with van der Waals surface area (Å²) in [4.78, 5) is 25.2. The molecule has 23 heavy (non-hydrogen) atoms. The zero-order valence-corrected chi connectivity index (χ0v) is 14.8. The largest absolute Gasteiger partial charge is 0.459 e. The fourth-order valence-corrected chi connectivity index (χ4v) is 3.31. The van der Waals surface area contributed by atoms with Crippen molar-refractivity contribution in [3.05, 3.63) is 25.3 Å². The molecule has 0 saturated carbocycles. The van der Waals surface area contributed by atoms with Gasteiger partial charge >= 0.3 is 11.9 Å². The number of rotatable bonds is 7. The standard InChI is InChI=1S/C18H29NO4/c1-7-15(20)22-13-14(23-16(21)8-2)12-19-17(3,4)10-9-11-18(19,5)6/h7-8,14H,1-2,9-13H2,3-6H3. The molecule has 0 aromatic carbocycles. The first kappa shape index (κ1) is 19.4. The molecule has 0 aromatic heterocycles. The molecule has 1 aliphatic rings. The topological polar surface area (TPSA) is 55.8 Å². The number of hydrogen-bond acceptors (Lipinski definition) is 5. The average Bonchev–Trinajstić information content (AvgIpc) is 2.47. The van der Waals surface area contributed by atoms with Gasteiger partial charge in [0.1, 0.15) is 12.7 Å². The Hall–Kier alpha value is -1.62. The van der Waals surface area contributed by atoms with Crippen LogP contribution in [0.25, 0.3) is 0 Å². The van der Waals surface area contributed by atoms with Crippen LogP contribution in [0.1, 0.15) is 47.0 Å². The summed E-state index contributed by atoms with van der Waals surface area (Å²) in [6, 6.07) is 0. The molecule has 1 saturated heterocycles. The molecule has 0 amide bonds. The Kier molecular flexibility index (Phi) is 6.57. The molecule has 0 spiro atoms. The number of carbonyl (C=O) groups excluding carboxylic acids is 2. The Morgan fingerprint density at radius 2 is 1.61 bits per heavy atom. The van der Waals surface area contributed by atoms with Crippen LogP contribution in [0.15, 0.2) is 25.3 Å². The lowest BCUT2D eigenvalue weighted by atomic mass is 9.79. The average molecular weight is 323 g/mol. The van der Waals surface area contributed by atoms with Crippen LogP contribution in [0.5, 0.6) is 0 Å². The monoisotopic (exact) mass is 323 g/mol. The molecule has 1 unspecified atom stereocenters. The predicted octanol–water partition coefficient (Wildman–Crippen LogP) is 2.86. The highest BCUT2D eigenvalue weighted by Crippen LogP contribution is 2.38. The van der Waals surface area contributed by atoms with E-state index in [0.29, 0.717) is 6.54 Å².